The molecule has 0 aliphatic heterocycles. The Kier molecular flexibility index (Phi) is 6.05. The summed E-state index contributed by atoms with van der Waals surface area (Å²) >= 11 is 19.3. The Labute approximate surface area is 171 Å². The van der Waals surface area contributed by atoms with Crippen LogP contribution in [0.15, 0.2) is 81.4 Å². The number of hydrogen-bond acceptors (Lipinski definition) is 3. The van der Waals surface area contributed by atoms with Gasteiger partial charge >= 0.3 is 0 Å². The van der Waals surface area contributed by atoms with Crippen molar-refractivity contribution >= 4 is 62.3 Å². The maximum absolute atomic E-state index is 12.7. The van der Waals surface area contributed by atoms with Gasteiger partial charge in [-0.15, -0.1) is 0 Å². The van der Waals surface area contributed by atoms with Crippen molar-refractivity contribution in [2.24, 2.45) is 0 Å². The minimum absolute atomic E-state index is 0.0713. The first-order valence-electron chi connectivity index (χ1n) is 7.35. The van der Waals surface area contributed by atoms with E-state index >= 15 is 0 Å². The topological polar surface area (TPSA) is 46.2 Å². The average Bonchev–Trinajstić information content (AvgIpc) is 2.60. The Morgan fingerprint density at radius 3 is 2.19 bits per heavy atom. The smallest absolute Gasteiger partial charge is 0.263 e. The molecule has 0 atom stereocenters. The van der Waals surface area contributed by atoms with E-state index in [4.69, 9.17) is 34.8 Å². The third-order valence-electron chi connectivity index (χ3n) is 3.36. The van der Waals surface area contributed by atoms with Crippen LogP contribution in [-0.2, 0) is 10.0 Å². The molecule has 0 amide bonds. The van der Waals surface area contributed by atoms with Crippen LogP contribution < -0.4 is 4.72 Å². The van der Waals surface area contributed by atoms with E-state index in [0.717, 1.165) is 9.79 Å². The van der Waals surface area contributed by atoms with Gasteiger partial charge < -0.3 is 0 Å². The highest BCUT2D eigenvalue weighted by Crippen LogP contribution is 2.35. The fraction of sp³-hybridized carbons (Fsp3) is 0. The van der Waals surface area contributed by atoms with Crippen LogP contribution in [0.1, 0.15) is 0 Å². The number of anilines is 1. The van der Waals surface area contributed by atoms with Crippen molar-refractivity contribution in [1.82, 2.24) is 0 Å². The second kappa shape index (κ2) is 8.11. The summed E-state index contributed by atoms with van der Waals surface area (Å²) < 4.78 is 28.1. The van der Waals surface area contributed by atoms with Crippen molar-refractivity contribution in [3.63, 3.8) is 0 Å². The first-order chi connectivity index (χ1) is 12.3. The zero-order valence-corrected chi connectivity index (χ0v) is 17.0. The van der Waals surface area contributed by atoms with Crippen molar-refractivity contribution in [3.8, 4) is 0 Å². The summed E-state index contributed by atoms with van der Waals surface area (Å²) in [4.78, 5) is 1.61. The van der Waals surface area contributed by atoms with E-state index in [1.807, 2.05) is 24.3 Å². The molecule has 26 heavy (non-hydrogen) atoms. The van der Waals surface area contributed by atoms with E-state index < -0.39 is 10.0 Å². The SMILES string of the molecule is O=S(=O)(Nc1ccccc1Sc1ccc(Cl)cc1)c1cc(Cl)ccc1Cl. The maximum atomic E-state index is 12.7. The van der Waals surface area contributed by atoms with Crippen LogP contribution in [0.25, 0.3) is 0 Å². The van der Waals surface area contributed by atoms with Crippen LogP contribution in [0.5, 0.6) is 0 Å². The normalized spacial score (nSPS) is 11.3. The Balaban J connectivity index is 1.92. The van der Waals surface area contributed by atoms with Gasteiger partial charge in [-0.2, -0.15) is 0 Å². The average molecular weight is 445 g/mol. The van der Waals surface area contributed by atoms with Gasteiger partial charge in [0.1, 0.15) is 4.90 Å². The molecule has 0 heterocycles. The van der Waals surface area contributed by atoms with E-state index in [9.17, 15) is 8.42 Å². The second-order valence-electron chi connectivity index (χ2n) is 5.23. The van der Waals surface area contributed by atoms with Crippen LogP contribution >= 0.6 is 46.6 Å². The molecular formula is C18H12Cl3NO2S2. The van der Waals surface area contributed by atoms with E-state index in [2.05, 4.69) is 4.72 Å². The zero-order chi connectivity index (χ0) is 18.7. The fourth-order valence-electron chi connectivity index (χ4n) is 2.15. The largest absolute Gasteiger partial charge is 0.278 e. The van der Waals surface area contributed by atoms with Crippen molar-refractivity contribution in [2.75, 3.05) is 4.72 Å². The summed E-state index contributed by atoms with van der Waals surface area (Å²) in [6.45, 7) is 0. The molecular weight excluding hydrogens is 433 g/mol. The molecule has 0 bridgehead atoms. The number of para-hydroxylation sites is 1. The Morgan fingerprint density at radius 1 is 0.808 bits per heavy atom. The highest BCUT2D eigenvalue weighted by molar-refractivity contribution is 7.99. The number of benzene rings is 3. The second-order valence-corrected chi connectivity index (χ2v) is 9.28. The third kappa shape index (κ3) is 4.67. The molecule has 0 saturated carbocycles. The molecule has 0 aliphatic carbocycles. The molecule has 0 saturated heterocycles. The Hall–Kier alpha value is -1.37. The van der Waals surface area contributed by atoms with Crippen molar-refractivity contribution in [3.05, 3.63) is 81.8 Å². The number of rotatable bonds is 5. The molecule has 0 unspecified atom stereocenters. The molecule has 0 radical (unpaired) electrons. The first-order valence-corrected chi connectivity index (χ1v) is 10.8. The van der Waals surface area contributed by atoms with Crippen LogP contribution in [0.4, 0.5) is 5.69 Å². The molecule has 0 aromatic heterocycles. The van der Waals surface area contributed by atoms with Gasteiger partial charge in [0.2, 0.25) is 0 Å². The van der Waals surface area contributed by atoms with Gasteiger partial charge in [0.15, 0.2) is 0 Å². The van der Waals surface area contributed by atoms with Crippen LogP contribution in [0.3, 0.4) is 0 Å². The molecule has 3 aromatic carbocycles. The molecule has 134 valence electrons. The van der Waals surface area contributed by atoms with Crippen LogP contribution in [-0.4, -0.2) is 8.42 Å². The van der Waals surface area contributed by atoms with Crippen LogP contribution in [0.2, 0.25) is 15.1 Å². The van der Waals surface area contributed by atoms with Gasteiger partial charge in [0, 0.05) is 19.8 Å². The lowest BCUT2D eigenvalue weighted by Crippen LogP contribution is -2.14. The summed E-state index contributed by atoms with van der Waals surface area (Å²) in [6.07, 6.45) is 0. The van der Waals surface area contributed by atoms with Crippen molar-refractivity contribution < 1.29 is 8.42 Å². The Bertz CT molecular complexity index is 1040. The number of sulfonamides is 1. The molecule has 3 nitrogen and oxygen atoms in total. The summed E-state index contributed by atoms with van der Waals surface area (Å²) in [6, 6.07) is 18.7. The fourth-order valence-corrected chi connectivity index (χ4v) is 5.09. The lowest BCUT2D eigenvalue weighted by atomic mass is 10.3. The first kappa shape index (κ1) is 19.4. The molecule has 0 aliphatic rings. The predicted octanol–water partition coefficient (Wildman–Crippen LogP) is 6.60. The van der Waals surface area contributed by atoms with Crippen molar-refractivity contribution in [2.45, 2.75) is 14.7 Å². The van der Waals surface area contributed by atoms with E-state index in [0.29, 0.717) is 15.7 Å². The van der Waals surface area contributed by atoms with Crippen LogP contribution in [0, 0.1) is 0 Å². The molecule has 0 fully saturated rings. The predicted molar refractivity (Wildman–Crippen MR) is 109 cm³/mol. The van der Waals surface area contributed by atoms with E-state index in [-0.39, 0.29) is 9.92 Å². The minimum Gasteiger partial charge on any atom is -0.278 e. The maximum Gasteiger partial charge on any atom is 0.263 e. The number of nitrogens with one attached hydrogen (secondary N) is 1. The van der Waals surface area contributed by atoms with E-state index in [1.54, 1.807) is 24.3 Å². The molecule has 8 heteroatoms. The summed E-state index contributed by atoms with van der Waals surface area (Å²) in [5.41, 5.74) is 0.448. The summed E-state index contributed by atoms with van der Waals surface area (Å²) in [5.74, 6) is 0. The van der Waals surface area contributed by atoms with E-state index in [1.165, 1.54) is 30.0 Å². The quantitative estimate of drug-likeness (QED) is 0.482. The highest BCUT2D eigenvalue weighted by Gasteiger charge is 2.20. The Morgan fingerprint density at radius 2 is 1.46 bits per heavy atom. The van der Waals surface area contributed by atoms with Gasteiger partial charge in [-0.3, -0.25) is 4.72 Å². The van der Waals surface area contributed by atoms with Crippen molar-refractivity contribution in [1.29, 1.82) is 0 Å². The minimum atomic E-state index is -3.89. The third-order valence-corrected chi connectivity index (χ3v) is 6.77. The molecule has 3 rings (SSSR count). The lowest BCUT2D eigenvalue weighted by Gasteiger charge is -2.13. The van der Waals surface area contributed by atoms with Gasteiger partial charge in [-0.1, -0.05) is 58.7 Å². The van der Waals surface area contributed by atoms with Gasteiger partial charge in [0.25, 0.3) is 10.0 Å². The molecule has 1 N–H and O–H groups in total. The lowest BCUT2D eigenvalue weighted by molar-refractivity contribution is 0.601. The number of halogens is 3. The molecule has 0 spiro atoms. The number of hydrogen-bond donors (Lipinski definition) is 1. The monoisotopic (exact) mass is 443 g/mol. The highest BCUT2D eigenvalue weighted by atomic mass is 35.5. The summed E-state index contributed by atoms with van der Waals surface area (Å²) in [5, 5.41) is 1.03. The molecule has 3 aromatic rings. The van der Waals surface area contributed by atoms with Gasteiger partial charge in [0.05, 0.1) is 10.7 Å². The van der Waals surface area contributed by atoms with Gasteiger partial charge in [-0.05, 0) is 54.6 Å². The zero-order valence-electron chi connectivity index (χ0n) is 13.1. The van der Waals surface area contributed by atoms with Gasteiger partial charge in [-0.25, -0.2) is 8.42 Å². The summed E-state index contributed by atoms with van der Waals surface area (Å²) in [7, 11) is -3.89. The standard InChI is InChI=1S/C18H12Cl3NO2S2/c19-12-5-8-14(9-6-12)25-17-4-2-1-3-16(17)22-26(23,24)18-11-13(20)7-10-15(18)21/h1-11,22H.